The molecule has 0 spiro atoms. The topological polar surface area (TPSA) is 63.7 Å². The largest absolute Gasteiger partial charge is 0.328 e. The van der Waals surface area contributed by atoms with E-state index in [1.165, 1.54) is 17.2 Å². The van der Waals surface area contributed by atoms with Gasteiger partial charge in [0.2, 0.25) is 0 Å². The Morgan fingerprint density at radius 3 is 2.47 bits per heavy atom. The van der Waals surface area contributed by atoms with E-state index in [1.807, 2.05) is 12.1 Å². The van der Waals surface area contributed by atoms with Crippen LogP contribution in [-0.4, -0.2) is 18.1 Å². The predicted octanol–water partition coefficient (Wildman–Crippen LogP) is 1.84. The van der Waals surface area contributed by atoms with Crippen LogP contribution >= 0.6 is 15.9 Å². The number of pyridine rings is 1. The molecule has 0 unspecified atom stereocenters. The van der Waals surface area contributed by atoms with E-state index in [4.69, 9.17) is 10.5 Å². The predicted molar refractivity (Wildman–Crippen MR) is 55.3 cm³/mol. The molecule has 1 aromatic heterocycles. The lowest BCUT2D eigenvalue weighted by molar-refractivity contribution is 0.615. The molecule has 0 saturated carbocycles. The summed E-state index contributed by atoms with van der Waals surface area (Å²) in [6.45, 7) is -0.141. The summed E-state index contributed by atoms with van der Waals surface area (Å²) >= 11 is 3.07. The van der Waals surface area contributed by atoms with E-state index in [2.05, 4.69) is 20.9 Å². The molecule has 0 aliphatic rings. The van der Waals surface area contributed by atoms with E-state index >= 15 is 0 Å². The maximum Gasteiger partial charge on any atom is 0.166 e. The molecule has 0 amide bonds. The van der Waals surface area contributed by atoms with Gasteiger partial charge in [-0.2, -0.15) is 10.5 Å². The lowest BCUT2D eigenvalue weighted by atomic mass is 10.4. The zero-order chi connectivity index (χ0) is 11.3. The van der Waals surface area contributed by atoms with Crippen LogP contribution in [-0.2, 0) is 0 Å². The number of nitriles is 2. The third-order valence-electron chi connectivity index (χ3n) is 1.61. The van der Waals surface area contributed by atoms with Crippen LogP contribution in [0.25, 0.3) is 0 Å². The van der Waals surface area contributed by atoms with Crippen molar-refractivity contribution in [3.8, 4) is 12.1 Å². The van der Waals surface area contributed by atoms with Gasteiger partial charge in [-0.15, -0.1) is 0 Å². The van der Waals surface area contributed by atoms with Gasteiger partial charge in [-0.25, -0.2) is 9.37 Å². The van der Waals surface area contributed by atoms with Crippen LogP contribution in [0.15, 0.2) is 16.7 Å². The third kappa shape index (κ3) is 2.90. The van der Waals surface area contributed by atoms with Crippen LogP contribution in [0.1, 0.15) is 0 Å². The maximum atomic E-state index is 13.4. The molecule has 0 bridgehead atoms. The molecule has 0 N–H and O–H groups in total. The van der Waals surface area contributed by atoms with Crippen molar-refractivity contribution in [1.29, 1.82) is 10.5 Å². The summed E-state index contributed by atoms with van der Waals surface area (Å²) in [6.07, 6.45) is 1.42. The zero-order valence-electron chi connectivity index (χ0n) is 7.61. The average molecular weight is 269 g/mol. The summed E-state index contributed by atoms with van der Waals surface area (Å²) in [5, 5.41) is 17.0. The van der Waals surface area contributed by atoms with Gasteiger partial charge in [0.15, 0.2) is 11.6 Å². The summed E-state index contributed by atoms with van der Waals surface area (Å²) in [4.78, 5) is 5.08. The highest BCUT2D eigenvalue weighted by molar-refractivity contribution is 9.10. The second-order valence-corrected chi connectivity index (χ2v) is 3.55. The van der Waals surface area contributed by atoms with Crippen molar-refractivity contribution in [3.05, 3.63) is 22.6 Å². The number of hydrogen-bond acceptors (Lipinski definition) is 4. The minimum atomic E-state index is -0.560. The normalized spacial score (nSPS) is 9.07. The number of anilines is 1. The van der Waals surface area contributed by atoms with Crippen molar-refractivity contribution in [3.63, 3.8) is 0 Å². The van der Waals surface area contributed by atoms with Crippen LogP contribution in [0, 0.1) is 28.5 Å². The molecule has 0 atom stereocenters. The van der Waals surface area contributed by atoms with Gasteiger partial charge in [0.05, 0.1) is 12.1 Å². The Kier molecular flexibility index (Phi) is 4.02. The second-order valence-electron chi connectivity index (χ2n) is 2.63. The molecule has 1 rings (SSSR count). The molecule has 6 heteroatoms. The molecule has 0 aliphatic heterocycles. The Morgan fingerprint density at radius 1 is 1.40 bits per heavy atom. The quantitative estimate of drug-likeness (QED) is 0.785. The van der Waals surface area contributed by atoms with Gasteiger partial charge in [-0.3, -0.25) is 0 Å². The molecule has 1 heterocycles. The van der Waals surface area contributed by atoms with Crippen LogP contribution < -0.4 is 4.90 Å². The van der Waals surface area contributed by atoms with Crippen molar-refractivity contribution in [1.82, 2.24) is 4.98 Å². The van der Waals surface area contributed by atoms with Crippen molar-refractivity contribution >= 4 is 21.7 Å². The Bertz CT molecular complexity index is 419. The highest BCUT2D eigenvalue weighted by Crippen LogP contribution is 2.19. The molecule has 0 radical (unpaired) electrons. The minimum absolute atomic E-state index is 0.0151. The zero-order valence-corrected chi connectivity index (χ0v) is 9.20. The van der Waals surface area contributed by atoms with E-state index in [9.17, 15) is 4.39 Å². The summed E-state index contributed by atoms with van der Waals surface area (Å²) in [5.41, 5.74) is 0. The number of nitrogens with zero attached hydrogens (tertiary/aromatic N) is 4. The summed E-state index contributed by atoms with van der Waals surface area (Å²) in [5.74, 6) is -0.545. The van der Waals surface area contributed by atoms with Crippen molar-refractivity contribution in [2.24, 2.45) is 0 Å². The smallest absolute Gasteiger partial charge is 0.166 e. The first-order valence-electron chi connectivity index (χ1n) is 3.99. The summed E-state index contributed by atoms with van der Waals surface area (Å²) in [6, 6.07) is 4.94. The Labute approximate surface area is 94.7 Å². The van der Waals surface area contributed by atoms with Gasteiger partial charge in [0.25, 0.3) is 0 Å². The van der Waals surface area contributed by atoms with Crippen molar-refractivity contribution in [2.75, 3.05) is 18.0 Å². The third-order valence-corrected chi connectivity index (χ3v) is 2.04. The fourth-order valence-electron chi connectivity index (χ4n) is 1.02. The molecular formula is C9H6BrFN4. The number of halogens is 2. The fourth-order valence-corrected chi connectivity index (χ4v) is 1.32. The molecule has 4 nitrogen and oxygen atoms in total. The molecule has 0 fully saturated rings. The first-order valence-corrected chi connectivity index (χ1v) is 4.78. The average Bonchev–Trinajstić information content (AvgIpc) is 2.17. The molecule has 0 aliphatic carbocycles. The first-order chi connectivity index (χ1) is 7.19. The van der Waals surface area contributed by atoms with E-state index in [0.29, 0.717) is 4.47 Å². The van der Waals surface area contributed by atoms with Gasteiger partial charge in [0, 0.05) is 10.7 Å². The Hall–Kier alpha value is -1.66. The van der Waals surface area contributed by atoms with E-state index in [-0.39, 0.29) is 18.9 Å². The first kappa shape index (κ1) is 11.4. The van der Waals surface area contributed by atoms with Crippen LogP contribution in [0.5, 0.6) is 0 Å². The summed E-state index contributed by atoms with van der Waals surface area (Å²) < 4.78 is 13.9. The Balaban J connectivity index is 3.02. The van der Waals surface area contributed by atoms with Crippen LogP contribution in [0.3, 0.4) is 0 Å². The number of rotatable bonds is 3. The monoisotopic (exact) mass is 268 g/mol. The van der Waals surface area contributed by atoms with Gasteiger partial charge in [0.1, 0.15) is 13.1 Å². The second kappa shape index (κ2) is 5.28. The van der Waals surface area contributed by atoms with Gasteiger partial charge >= 0.3 is 0 Å². The molecular weight excluding hydrogens is 263 g/mol. The lowest BCUT2D eigenvalue weighted by Gasteiger charge is -2.16. The molecule has 0 aromatic carbocycles. The van der Waals surface area contributed by atoms with E-state index in [0.717, 1.165) is 0 Å². The Morgan fingerprint density at radius 2 is 2.00 bits per heavy atom. The van der Waals surface area contributed by atoms with E-state index in [1.54, 1.807) is 0 Å². The van der Waals surface area contributed by atoms with Gasteiger partial charge in [-0.05, 0) is 22.0 Å². The van der Waals surface area contributed by atoms with Gasteiger partial charge in [-0.1, -0.05) is 0 Å². The standard InChI is InChI=1S/C9H6BrFN4/c10-7-5-8(11)9(14-6-7)15(3-1-12)4-2-13/h5-6H,3-4H2. The summed E-state index contributed by atoms with van der Waals surface area (Å²) in [7, 11) is 0. The maximum absolute atomic E-state index is 13.4. The van der Waals surface area contributed by atoms with Crippen LogP contribution in [0.2, 0.25) is 0 Å². The molecule has 15 heavy (non-hydrogen) atoms. The highest BCUT2D eigenvalue weighted by atomic mass is 79.9. The number of hydrogen-bond donors (Lipinski definition) is 0. The molecule has 76 valence electrons. The van der Waals surface area contributed by atoms with Crippen molar-refractivity contribution in [2.45, 2.75) is 0 Å². The SMILES string of the molecule is N#CCN(CC#N)c1ncc(Br)cc1F. The van der Waals surface area contributed by atoms with Crippen molar-refractivity contribution < 1.29 is 4.39 Å². The van der Waals surface area contributed by atoms with E-state index < -0.39 is 5.82 Å². The van der Waals surface area contributed by atoms with Crippen LogP contribution in [0.4, 0.5) is 10.2 Å². The fraction of sp³-hybridized carbons (Fsp3) is 0.222. The highest BCUT2D eigenvalue weighted by Gasteiger charge is 2.12. The molecule has 1 aromatic rings. The van der Waals surface area contributed by atoms with Gasteiger partial charge < -0.3 is 4.90 Å². The molecule has 0 saturated heterocycles. The minimum Gasteiger partial charge on any atom is -0.328 e. The number of aromatic nitrogens is 1. The lowest BCUT2D eigenvalue weighted by Crippen LogP contribution is -2.25.